The van der Waals surface area contributed by atoms with Crippen molar-refractivity contribution < 1.29 is 9.84 Å². The first-order valence-electron chi connectivity index (χ1n) is 3.57. The zero-order valence-corrected chi connectivity index (χ0v) is 5.84. The Morgan fingerprint density at radius 2 is 1.56 bits per heavy atom. The molecule has 2 aliphatic rings. The van der Waals surface area contributed by atoms with E-state index < -0.39 is 0 Å². The summed E-state index contributed by atoms with van der Waals surface area (Å²) in [4.78, 5) is 0. The number of ether oxygens (including phenoxy) is 1. The van der Waals surface area contributed by atoms with Crippen LogP contribution in [0.4, 0.5) is 0 Å². The Bertz CT molecular complexity index is 73.0. The van der Waals surface area contributed by atoms with Gasteiger partial charge in [0, 0.05) is 7.11 Å². The molecule has 1 aliphatic heterocycles. The summed E-state index contributed by atoms with van der Waals surface area (Å²) in [5.41, 5.74) is 0. The van der Waals surface area contributed by atoms with Crippen LogP contribution < -0.4 is 0 Å². The normalized spacial score (nSPS) is 38.0. The van der Waals surface area contributed by atoms with Crippen LogP contribution in [0.1, 0.15) is 25.7 Å². The van der Waals surface area contributed by atoms with Crippen molar-refractivity contribution in [2.24, 2.45) is 0 Å². The summed E-state index contributed by atoms with van der Waals surface area (Å²) in [6.45, 7) is 0. The Hall–Kier alpha value is -0.0800. The molecule has 1 aliphatic carbocycles. The Morgan fingerprint density at radius 3 is 1.89 bits per heavy atom. The fraction of sp³-hybridized carbons (Fsp3) is 1.00. The molecule has 54 valence electrons. The predicted octanol–water partition coefficient (Wildman–Crippen LogP) is 0.936. The summed E-state index contributed by atoms with van der Waals surface area (Å²) in [6.07, 6.45) is 6.89. The van der Waals surface area contributed by atoms with Crippen LogP contribution >= 0.6 is 0 Å². The van der Waals surface area contributed by atoms with Gasteiger partial charge in [0.1, 0.15) is 0 Å². The van der Waals surface area contributed by atoms with Gasteiger partial charge in [-0.1, -0.05) is 12.8 Å². The molecule has 0 bridgehead atoms. The SMILES string of the molecule is C1CCC2OC2C1.CO. The highest BCUT2D eigenvalue weighted by molar-refractivity contribution is 4.87. The third kappa shape index (κ3) is 1.66. The highest BCUT2D eigenvalue weighted by atomic mass is 16.6. The molecule has 2 rings (SSSR count). The number of fused-ring (bicyclic) bond motifs is 1. The van der Waals surface area contributed by atoms with Gasteiger partial charge in [-0.2, -0.15) is 0 Å². The van der Waals surface area contributed by atoms with E-state index in [-0.39, 0.29) is 0 Å². The molecule has 0 amide bonds. The van der Waals surface area contributed by atoms with Gasteiger partial charge in [0.05, 0.1) is 12.2 Å². The topological polar surface area (TPSA) is 32.8 Å². The van der Waals surface area contributed by atoms with Crippen molar-refractivity contribution in [3.05, 3.63) is 0 Å². The van der Waals surface area contributed by atoms with E-state index in [1.165, 1.54) is 25.7 Å². The second-order valence-corrected chi connectivity index (χ2v) is 2.50. The fourth-order valence-electron chi connectivity index (χ4n) is 1.38. The van der Waals surface area contributed by atoms with Crippen molar-refractivity contribution in [1.29, 1.82) is 0 Å². The molecular weight excluding hydrogens is 116 g/mol. The zero-order chi connectivity index (χ0) is 6.69. The lowest BCUT2D eigenvalue weighted by atomic mass is 10.0. The molecule has 0 aromatic rings. The van der Waals surface area contributed by atoms with E-state index in [1.54, 1.807) is 0 Å². The van der Waals surface area contributed by atoms with Crippen LogP contribution in [0.5, 0.6) is 0 Å². The van der Waals surface area contributed by atoms with E-state index in [9.17, 15) is 0 Å². The van der Waals surface area contributed by atoms with Gasteiger partial charge in [-0.3, -0.25) is 0 Å². The van der Waals surface area contributed by atoms with Crippen molar-refractivity contribution in [2.45, 2.75) is 37.9 Å². The largest absolute Gasteiger partial charge is 0.400 e. The number of aliphatic hydroxyl groups is 1. The minimum absolute atomic E-state index is 0.703. The van der Waals surface area contributed by atoms with E-state index in [0.29, 0.717) is 12.2 Å². The summed E-state index contributed by atoms with van der Waals surface area (Å²) in [7, 11) is 1.00. The quantitative estimate of drug-likeness (QED) is 0.495. The number of aliphatic hydroxyl groups excluding tert-OH is 1. The molecule has 9 heavy (non-hydrogen) atoms. The molecule has 1 saturated heterocycles. The van der Waals surface area contributed by atoms with E-state index >= 15 is 0 Å². The summed E-state index contributed by atoms with van der Waals surface area (Å²) in [5.74, 6) is 0. The van der Waals surface area contributed by atoms with Crippen LogP contribution in [0.2, 0.25) is 0 Å². The van der Waals surface area contributed by atoms with Crippen molar-refractivity contribution in [3.63, 3.8) is 0 Å². The monoisotopic (exact) mass is 130 g/mol. The smallest absolute Gasteiger partial charge is 0.0841 e. The molecule has 2 unspecified atom stereocenters. The molecule has 1 N–H and O–H groups in total. The van der Waals surface area contributed by atoms with Gasteiger partial charge in [0.2, 0.25) is 0 Å². The Kier molecular flexibility index (Phi) is 2.49. The highest BCUT2D eigenvalue weighted by Crippen LogP contribution is 2.35. The fourth-order valence-corrected chi connectivity index (χ4v) is 1.38. The molecular formula is C7H14O2. The van der Waals surface area contributed by atoms with Gasteiger partial charge >= 0.3 is 0 Å². The van der Waals surface area contributed by atoms with E-state index in [0.717, 1.165) is 7.11 Å². The Balaban J connectivity index is 0.000000186. The van der Waals surface area contributed by atoms with Crippen LogP contribution in [-0.2, 0) is 4.74 Å². The summed E-state index contributed by atoms with van der Waals surface area (Å²) < 4.78 is 5.28. The van der Waals surface area contributed by atoms with Crippen LogP contribution in [0.25, 0.3) is 0 Å². The van der Waals surface area contributed by atoms with Crippen LogP contribution in [0, 0.1) is 0 Å². The van der Waals surface area contributed by atoms with Gasteiger partial charge in [-0.25, -0.2) is 0 Å². The minimum Gasteiger partial charge on any atom is -0.400 e. The lowest BCUT2D eigenvalue weighted by Crippen LogP contribution is -2.00. The second-order valence-electron chi connectivity index (χ2n) is 2.50. The van der Waals surface area contributed by atoms with E-state index in [1.807, 2.05) is 0 Å². The van der Waals surface area contributed by atoms with Crippen molar-refractivity contribution >= 4 is 0 Å². The number of hydrogen-bond donors (Lipinski definition) is 1. The molecule has 1 saturated carbocycles. The number of hydrogen-bond acceptors (Lipinski definition) is 2. The molecule has 0 radical (unpaired) electrons. The highest BCUT2D eigenvalue weighted by Gasteiger charge is 2.39. The van der Waals surface area contributed by atoms with Gasteiger partial charge in [-0.05, 0) is 12.8 Å². The molecule has 0 aromatic carbocycles. The van der Waals surface area contributed by atoms with Gasteiger partial charge < -0.3 is 9.84 Å². The first-order chi connectivity index (χ1) is 4.47. The van der Waals surface area contributed by atoms with Crippen LogP contribution in [0.3, 0.4) is 0 Å². The van der Waals surface area contributed by atoms with Crippen molar-refractivity contribution in [1.82, 2.24) is 0 Å². The maximum Gasteiger partial charge on any atom is 0.0841 e. The average molecular weight is 130 g/mol. The average Bonchev–Trinajstić information content (AvgIpc) is 2.69. The molecule has 1 heterocycles. The molecule has 2 atom stereocenters. The minimum atomic E-state index is 0.703. The van der Waals surface area contributed by atoms with Crippen molar-refractivity contribution in [2.75, 3.05) is 7.11 Å². The summed E-state index contributed by atoms with van der Waals surface area (Å²) in [5, 5.41) is 7.00. The van der Waals surface area contributed by atoms with Gasteiger partial charge in [0.25, 0.3) is 0 Å². The first-order valence-corrected chi connectivity index (χ1v) is 3.57. The number of rotatable bonds is 0. The van der Waals surface area contributed by atoms with Crippen molar-refractivity contribution in [3.8, 4) is 0 Å². The van der Waals surface area contributed by atoms with Crippen LogP contribution in [0.15, 0.2) is 0 Å². The molecule has 0 spiro atoms. The maximum atomic E-state index is 7.00. The van der Waals surface area contributed by atoms with E-state index in [4.69, 9.17) is 9.84 Å². The van der Waals surface area contributed by atoms with Gasteiger partial charge in [0.15, 0.2) is 0 Å². The third-order valence-corrected chi connectivity index (χ3v) is 1.91. The maximum absolute atomic E-state index is 7.00. The summed E-state index contributed by atoms with van der Waals surface area (Å²) >= 11 is 0. The predicted molar refractivity (Wildman–Crippen MR) is 35.3 cm³/mol. The second kappa shape index (κ2) is 3.18. The molecule has 2 nitrogen and oxygen atoms in total. The summed E-state index contributed by atoms with van der Waals surface area (Å²) in [6, 6.07) is 0. The molecule has 2 fully saturated rings. The zero-order valence-electron chi connectivity index (χ0n) is 5.84. The molecule has 0 aromatic heterocycles. The van der Waals surface area contributed by atoms with Gasteiger partial charge in [-0.15, -0.1) is 0 Å². The third-order valence-electron chi connectivity index (χ3n) is 1.91. The van der Waals surface area contributed by atoms with E-state index in [2.05, 4.69) is 0 Å². The Morgan fingerprint density at radius 1 is 1.11 bits per heavy atom. The standard InChI is InChI=1S/C6H10O.CH4O/c1-2-4-6-5(3-1)7-6;1-2/h5-6H,1-4H2;2H,1H3. The van der Waals surface area contributed by atoms with Crippen LogP contribution in [-0.4, -0.2) is 24.4 Å². The first kappa shape index (κ1) is 7.03. The Labute approximate surface area is 55.8 Å². The lowest BCUT2D eigenvalue weighted by Gasteiger charge is -2.00. The number of epoxide rings is 1. The molecule has 2 heteroatoms. The lowest BCUT2D eigenvalue weighted by molar-refractivity contribution is 0.373.